The number of benzene rings is 3. The molecule has 0 unspecified atom stereocenters. The van der Waals surface area contributed by atoms with Gasteiger partial charge in [-0.3, -0.25) is 9.69 Å². The molecule has 0 aromatic heterocycles. The van der Waals surface area contributed by atoms with Gasteiger partial charge in [0.1, 0.15) is 0 Å². The summed E-state index contributed by atoms with van der Waals surface area (Å²) < 4.78 is 0. The Bertz CT molecular complexity index is 962. The van der Waals surface area contributed by atoms with Gasteiger partial charge in [0, 0.05) is 54.9 Å². The monoisotopic (exact) mass is 418 g/mol. The summed E-state index contributed by atoms with van der Waals surface area (Å²) in [6.07, 6.45) is 0.468. The van der Waals surface area contributed by atoms with Crippen LogP contribution in [0.3, 0.4) is 0 Å². The molecular weight excluding hydrogens is 392 g/mol. The van der Waals surface area contributed by atoms with Crippen LogP contribution in [0.4, 0.5) is 5.69 Å². The number of halogens is 1. The van der Waals surface area contributed by atoms with Crippen LogP contribution in [0.5, 0.6) is 0 Å². The molecule has 0 amide bonds. The van der Waals surface area contributed by atoms with Gasteiger partial charge in [-0.05, 0) is 36.8 Å². The van der Waals surface area contributed by atoms with Crippen molar-refractivity contribution in [3.63, 3.8) is 0 Å². The first-order chi connectivity index (χ1) is 14.6. The van der Waals surface area contributed by atoms with E-state index in [0.29, 0.717) is 6.42 Å². The third-order valence-electron chi connectivity index (χ3n) is 5.88. The van der Waals surface area contributed by atoms with Gasteiger partial charge in [0.05, 0.1) is 0 Å². The number of aryl methyl sites for hydroxylation is 1. The van der Waals surface area contributed by atoms with Crippen molar-refractivity contribution in [3.05, 3.63) is 101 Å². The van der Waals surface area contributed by atoms with E-state index in [2.05, 4.69) is 46.2 Å². The molecule has 3 aromatic rings. The quantitative estimate of drug-likeness (QED) is 0.474. The Morgan fingerprint density at radius 2 is 1.50 bits per heavy atom. The van der Waals surface area contributed by atoms with Gasteiger partial charge in [-0.25, -0.2) is 0 Å². The van der Waals surface area contributed by atoms with Gasteiger partial charge in [-0.15, -0.1) is 0 Å². The number of carbonyl (C=O) groups is 1. The summed E-state index contributed by atoms with van der Waals surface area (Å²) in [6, 6.07) is 26.4. The zero-order valence-electron chi connectivity index (χ0n) is 17.3. The summed E-state index contributed by atoms with van der Waals surface area (Å²) >= 11 is 6.12. The van der Waals surface area contributed by atoms with Crippen LogP contribution in [-0.4, -0.2) is 36.9 Å². The Hall–Kier alpha value is -2.62. The lowest BCUT2D eigenvalue weighted by Crippen LogP contribution is -2.48. The number of hydrogen-bond donors (Lipinski definition) is 0. The number of carbonyl (C=O) groups excluding carboxylic acids is 1. The zero-order valence-corrected chi connectivity index (χ0v) is 18.1. The van der Waals surface area contributed by atoms with Crippen LogP contribution in [-0.2, 0) is 0 Å². The van der Waals surface area contributed by atoms with E-state index in [1.54, 1.807) is 0 Å². The SMILES string of the molecule is Cc1ccc(C(=O)C[C@@H](c2ccc(Cl)cc2)N2CCN(c3ccccc3)CC2)cc1. The van der Waals surface area contributed by atoms with E-state index in [4.69, 9.17) is 11.6 Å². The van der Waals surface area contributed by atoms with E-state index >= 15 is 0 Å². The molecule has 154 valence electrons. The Morgan fingerprint density at radius 1 is 0.867 bits per heavy atom. The maximum Gasteiger partial charge on any atom is 0.164 e. The minimum absolute atomic E-state index is 0.0500. The smallest absolute Gasteiger partial charge is 0.164 e. The lowest BCUT2D eigenvalue weighted by atomic mass is 9.95. The van der Waals surface area contributed by atoms with Gasteiger partial charge >= 0.3 is 0 Å². The minimum atomic E-state index is 0.0500. The molecule has 1 aliphatic heterocycles. The third-order valence-corrected chi connectivity index (χ3v) is 6.14. The molecule has 4 heteroatoms. The summed E-state index contributed by atoms with van der Waals surface area (Å²) in [6.45, 7) is 5.78. The van der Waals surface area contributed by atoms with Crippen molar-refractivity contribution in [2.45, 2.75) is 19.4 Å². The first-order valence-corrected chi connectivity index (χ1v) is 10.9. The van der Waals surface area contributed by atoms with Gasteiger partial charge in [0.2, 0.25) is 0 Å². The Kier molecular flexibility index (Phi) is 6.51. The molecule has 0 radical (unpaired) electrons. The molecule has 3 nitrogen and oxygen atoms in total. The highest BCUT2D eigenvalue weighted by Crippen LogP contribution is 2.29. The summed E-state index contributed by atoms with van der Waals surface area (Å²) in [7, 11) is 0. The fourth-order valence-electron chi connectivity index (χ4n) is 4.11. The van der Waals surface area contributed by atoms with E-state index in [1.165, 1.54) is 5.69 Å². The van der Waals surface area contributed by atoms with Gasteiger partial charge in [0.25, 0.3) is 0 Å². The number of Topliss-reactive ketones (excluding diaryl/α,β-unsaturated/α-hetero) is 1. The van der Waals surface area contributed by atoms with E-state index in [-0.39, 0.29) is 11.8 Å². The average molecular weight is 419 g/mol. The molecule has 1 atom stereocenters. The fourth-order valence-corrected chi connectivity index (χ4v) is 4.23. The van der Waals surface area contributed by atoms with Crippen LogP contribution in [0.25, 0.3) is 0 Å². The first kappa shape index (κ1) is 20.6. The molecule has 1 saturated heterocycles. The van der Waals surface area contributed by atoms with Crippen LogP contribution in [0.15, 0.2) is 78.9 Å². The summed E-state index contributed by atoms with van der Waals surface area (Å²) in [4.78, 5) is 17.9. The normalized spacial score (nSPS) is 15.7. The second-order valence-corrected chi connectivity index (χ2v) is 8.36. The molecule has 0 spiro atoms. The van der Waals surface area contributed by atoms with Crippen molar-refractivity contribution in [1.29, 1.82) is 0 Å². The number of nitrogens with zero attached hydrogens (tertiary/aromatic N) is 2. The maximum absolute atomic E-state index is 13.1. The molecule has 0 saturated carbocycles. The largest absolute Gasteiger partial charge is 0.369 e. The Morgan fingerprint density at radius 3 is 2.13 bits per heavy atom. The Balaban J connectivity index is 1.51. The molecule has 0 N–H and O–H groups in total. The van der Waals surface area contributed by atoms with E-state index in [0.717, 1.165) is 47.9 Å². The van der Waals surface area contributed by atoms with Gasteiger partial charge < -0.3 is 4.90 Å². The summed E-state index contributed by atoms with van der Waals surface area (Å²) in [5.74, 6) is 0.181. The minimum Gasteiger partial charge on any atom is -0.369 e. The summed E-state index contributed by atoms with van der Waals surface area (Å²) in [5, 5.41) is 0.719. The molecule has 1 heterocycles. The maximum atomic E-state index is 13.1. The van der Waals surface area contributed by atoms with Crippen molar-refractivity contribution in [2.75, 3.05) is 31.1 Å². The van der Waals surface area contributed by atoms with Crippen molar-refractivity contribution >= 4 is 23.1 Å². The molecule has 3 aromatic carbocycles. The zero-order chi connectivity index (χ0) is 20.9. The standard InChI is InChI=1S/C26H27ClN2O/c1-20-7-9-22(10-8-20)26(30)19-25(21-11-13-23(27)14-12-21)29-17-15-28(16-18-29)24-5-3-2-4-6-24/h2-14,25H,15-19H2,1H3/t25-/m0/s1. The molecule has 30 heavy (non-hydrogen) atoms. The van der Waals surface area contributed by atoms with Crippen LogP contribution < -0.4 is 4.90 Å². The lowest BCUT2D eigenvalue weighted by Gasteiger charge is -2.40. The van der Waals surface area contributed by atoms with Gasteiger partial charge in [-0.2, -0.15) is 0 Å². The van der Waals surface area contributed by atoms with Crippen molar-refractivity contribution in [2.24, 2.45) is 0 Å². The second kappa shape index (κ2) is 9.46. The lowest BCUT2D eigenvalue weighted by molar-refractivity contribution is 0.0910. The molecule has 1 fully saturated rings. The molecular formula is C26H27ClN2O. The number of anilines is 1. The fraction of sp³-hybridized carbons (Fsp3) is 0.269. The number of para-hydroxylation sites is 1. The average Bonchev–Trinajstić information content (AvgIpc) is 2.79. The van der Waals surface area contributed by atoms with E-state index in [9.17, 15) is 4.79 Å². The highest BCUT2D eigenvalue weighted by atomic mass is 35.5. The van der Waals surface area contributed by atoms with Crippen LogP contribution in [0.1, 0.15) is 33.9 Å². The van der Waals surface area contributed by atoms with Crippen molar-refractivity contribution in [3.8, 4) is 0 Å². The van der Waals surface area contributed by atoms with Gasteiger partial charge in [-0.1, -0.05) is 71.8 Å². The van der Waals surface area contributed by atoms with Crippen molar-refractivity contribution in [1.82, 2.24) is 4.90 Å². The Labute approximate surface area is 183 Å². The van der Waals surface area contributed by atoms with Crippen LogP contribution in [0, 0.1) is 6.92 Å². The van der Waals surface area contributed by atoms with Crippen molar-refractivity contribution < 1.29 is 4.79 Å². The molecule has 0 aliphatic carbocycles. The van der Waals surface area contributed by atoms with E-state index in [1.807, 2.05) is 49.4 Å². The highest BCUT2D eigenvalue weighted by Gasteiger charge is 2.27. The van der Waals surface area contributed by atoms with Crippen LogP contribution in [0.2, 0.25) is 5.02 Å². The molecule has 1 aliphatic rings. The van der Waals surface area contributed by atoms with E-state index < -0.39 is 0 Å². The molecule has 0 bridgehead atoms. The number of piperazine rings is 1. The molecule has 4 rings (SSSR count). The van der Waals surface area contributed by atoms with Crippen LogP contribution >= 0.6 is 11.6 Å². The predicted octanol–water partition coefficient (Wildman–Crippen LogP) is 5.78. The number of ketones is 1. The first-order valence-electron chi connectivity index (χ1n) is 10.5. The summed E-state index contributed by atoms with van der Waals surface area (Å²) in [5.41, 5.74) is 4.35. The topological polar surface area (TPSA) is 23.6 Å². The second-order valence-electron chi connectivity index (χ2n) is 7.92. The number of rotatable bonds is 6. The number of hydrogen-bond acceptors (Lipinski definition) is 3. The predicted molar refractivity (Wildman–Crippen MR) is 125 cm³/mol. The van der Waals surface area contributed by atoms with Gasteiger partial charge in [0.15, 0.2) is 5.78 Å². The third kappa shape index (κ3) is 4.92. The highest BCUT2D eigenvalue weighted by molar-refractivity contribution is 6.30.